The van der Waals surface area contributed by atoms with Gasteiger partial charge in [-0.15, -0.1) is 0 Å². The van der Waals surface area contributed by atoms with Gasteiger partial charge in [0, 0.05) is 17.8 Å². The Morgan fingerprint density at radius 3 is 3.00 bits per heavy atom. The van der Waals surface area contributed by atoms with E-state index in [1.807, 2.05) is 12.3 Å². The van der Waals surface area contributed by atoms with Crippen molar-refractivity contribution in [2.45, 2.75) is 18.8 Å². The zero-order valence-electron chi connectivity index (χ0n) is 8.66. The van der Waals surface area contributed by atoms with Gasteiger partial charge in [-0.2, -0.15) is 0 Å². The van der Waals surface area contributed by atoms with Gasteiger partial charge in [-0.1, -0.05) is 0 Å². The van der Waals surface area contributed by atoms with Crippen molar-refractivity contribution in [1.82, 2.24) is 15.3 Å². The van der Waals surface area contributed by atoms with Crippen molar-refractivity contribution in [3.05, 3.63) is 30.1 Å². The van der Waals surface area contributed by atoms with E-state index in [9.17, 15) is 0 Å². The smallest absolute Gasteiger partial charge is 0.137 e. The van der Waals surface area contributed by atoms with E-state index in [-0.39, 0.29) is 0 Å². The van der Waals surface area contributed by atoms with Gasteiger partial charge in [0.2, 0.25) is 0 Å². The molecule has 3 heterocycles. The van der Waals surface area contributed by atoms with Crippen LogP contribution < -0.4 is 5.32 Å². The van der Waals surface area contributed by atoms with Crippen molar-refractivity contribution >= 4 is 11.0 Å². The lowest BCUT2D eigenvalue weighted by Gasteiger charge is -2.22. The summed E-state index contributed by atoms with van der Waals surface area (Å²) < 4.78 is 0. The Hall–Kier alpha value is -1.35. The standard InChI is InChI=1S/C12H15N3/c1-2-10-11(8-15-12(10)14-5-1)9-3-6-13-7-4-9/h1-2,5,8-9,13H,3-4,6-7H2,(H,14,15). The van der Waals surface area contributed by atoms with Gasteiger partial charge in [0.15, 0.2) is 0 Å². The Balaban J connectivity index is 2.02. The molecule has 0 aromatic carbocycles. The lowest BCUT2D eigenvalue weighted by Crippen LogP contribution is -2.26. The summed E-state index contributed by atoms with van der Waals surface area (Å²) >= 11 is 0. The molecule has 1 fully saturated rings. The number of hydrogen-bond acceptors (Lipinski definition) is 2. The van der Waals surface area contributed by atoms with E-state index in [2.05, 4.69) is 27.5 Å². The number of aromatic amines is 1. The van der Waals surface area contributed by atoms with E-state index in [4.69, 9.17) is 0 Å². The number of pyridine rings is 1. The third-order valence-electron chi connectivity index (χ3n) is 3.26. The summed E-state index contributed by atoms with van der Waals surface area (Å²) in [6.07, 6.45) is 6.45. The normalized spacial score (nSPS) is 18.4. The number of nitrogens with zero attached hydrogens (tertiary/aromatic N) is 1. The average molecular weight is 201 g/mol. The van der Waals surface area contributed by atoms with Crippen LogP contribution in [0.25, 0.3) is 11.0 Å². The number of fused-ring (bicyclic) bond motifs is 1. The molecule has 3 nitrogen and oxygen atoms in total. The molecule has 0 spiro atoms. The molecule has 1 saturated heterocycles. The third kappa shape index (κ3) is 1.53. The van der Waals surface area contributed by atoms with Gasteiger partial charge < -0.3 is 10.3 Å². The number of nitrogens with one attached hydrogen (secondary N) is 2. The predicted molar refractivity (Wildman–Crippen MR) is 60.9 cm³/mol. The molecule has 0 bridgehead atoms. The minimum absolute atomic E-state index is 0.698. The molecule has 0 radical (unpaired) electrons. The average Bonchev–Trinajstić information content (AvgIpc) is 2.74. The van der Waals surface area contributed by atoms with Gasteiger partial charge in [-0.05, 0) is 49.5 Å². The fourth-order valence-electron chi connectivity index (χ4n) is 2.45. The fourth-order valence-corrected chi connectivity index (χ4v) is 2.45. The zero-order chi connectivity index (χ0) is 10.1. The quantitative estimate of drug-likeness (QED) is 0.741. The van der Waals surface area contributed by atoms with E-state index < -0.39 is 0 Å². The Kier molecular flexibility index (Phi) is 2.18. The molecule has 3 heteroatoms. The van der Waals surface area contributed by atoms with Crippen molar-refractivity contribution in [3.8, 4) is 0 Å². The number of H-pyrrole nitrogens is 1. The van der Waals surface area contributed by atoms with Crippen LogP contribution in [0.5, 0.6) is 0 Å². The van der Waals surface area contributed by atoms with Crippen molar-refractivity contribution in [3.63, 3.8) is 0 Å². The van der Waals surface area contributed by atoms with Crippen molar-refractivity contribution < 1.29 is 0 Å². The minimum atomic E-state index is 0.698. The van der Waals surface area contributed by atoms with Crippen LogP contribution in [-0.2, 0) is 0 Å². The highest BCUT2D eigenvalue weighted by Crippen LogP contribution is 2.30. The lowest BCUT2D eigenvalue weighted by molar-refractivity contribution is 0.462. The van der Waals surface area contributed by atoms with E-state index >= 15 is 0 Å². The first-order valence-corrected chi connectivity index (χ1v) is 5.58. The molecular weight excluding hydrogens is 186 g/mol. The van der Waals surface area contributed by atoms with Crippen LogP contribution >= 0.6 is 0 Å². The van der Waals surface area contributed by atoms with Crippen LogP contribution in [-0.4, -0.2) is 23.1 Å². The monoisotopic (exact) mass is 201 g/mol. The maximum absolute atomic E-state index is 4.33. The molecule has 3 rings (SSSR count). The Bertz CT molecular complexity index is 455. The Labute approximate surface area is 88.9 Å². The lowest BCUT2D eigenvalue weighted by atomic mass is 9.90. The SMILES string of the molecule is c1cnc2[nH]cc(C3CCNCC3)c2c1. The van der Waals surface area contributed by atoms with E-state index in [1.165, 1.54) is 23.8 Å². The summed E-state index contributed by atoms with van der Waals surface area (Å²) in [6, 6.07) is 4.18. The first-order chi connectivity index (χ1) is 7.45. The maximum Gasteiger partial charge on any atom is 0.137 e. The largest absolute Gasteiger partial charge is 0.346 e. The van der Waals surface area contributed by atoms with Gasteiger partial charge >= 0.3 is 0 Å². The van der Waals surface area contributed by atoms with Crippen LogP contribution in [0.15, 0.2) is 24.5 Å². The van der Waals surface area contributed by atoms with Crippen LogP contribution in [0.2, 0.25) is 0 Å². The van der Waals surface area contributed by atoms with Crippen LogP contribution in [0.3, 0.4) is 0 Å². The summed E-state index contributed by atoms with van der Waals surface area (Å²) in [4.78, 5) is 7.58. The molecule has 0 unspecified atom stereocenters. The topological polar surface area (TPSA) is 40.7 Å². The van der Waals surface area contributed by atoms with E-state index in [0.717, 1.165) is 18.7 Å². The summed E-state index contributed by atoms with van der Waals surface area (Å²) in [5.74, 6) is 0.698. The zero-order valence-corrected chi connectivity index (χ0v) is 8.66. The van der Waals surface area contributed by atoms with Gasteiger partial charge in [0.05, 0.1) is 0 Å². The maximum atomic E-state index is 4.33. The van der Waals surface area contributed by atoms with Gasteiger partial charge in [0.25, 0.3) is 0 Å². The van der Waals surface area contributed by atoms with Crippen LogP contribution in [0.1, 0.15) is 24.3 Å². The Morgan fingerprint density at radius 1 is 1.27 bits per heavy atom. The molecule has 0 aliphatic carbocycles. The molecular formula is C12H15N3. The molecule has 0 atom stereocenters. The van der Waals surface area contributed by atoms with E-state index in [0.29, 0.717) is 5.92 Å². The number of hydrogen-bond donors (Lipinski definition) is 2. The second kappa shape index (κ2) is 3.66. The minimum Gasteiger partial charge on any atom is -0.346 e. The van der Waals surface area contributed by atoms with Gasteiger partial charge in [-0.25, -0.2) is 4.98 Å². The molecule has 1 aliphatic heterocycles. The number of piperidine rings is 1. The Morgan fingerprint density at radius 2 is 2.13 bits per heavy atom. The molecule has 2 aromatic rings. The summed E-state index contributed by atoms with van der Waals surface area (Å²) in [6.45, 7) is 2.27. The highest BCUT2D eigenvalue weighted by atomic mass is 14.9. The van der Waals surface area contributed by atoms with Crippen molar-refractivity contribution in [2.24, 2.45) is 0 Å². The summed E-state index contributed by atoms with van der Waals surface area (Å²) in [5.41, 5.74) is 2.46. The molecule has 0 amide bonds. The highest BCUT2D eigenvalue weighted by molar-refractivity contribution is 5.80. The second-order valence-corrected chi connectivity index (χ2v) is 4.17. The van der Waals surface area contributed by atoms with Crippen molar-refractivity contribution in [1.29, 1.82) is 0 Å². The molecule has 15 heavy (non-hydrogen) atoms. The fraction of sp³-hybridized carbons (Fsp3) is 0.417. The molecule has 1 aliphatic rings. The summed E-state index contributed by atoms with van der Waals surface area (Å²) in [7, 11) is 0. The summed E-state index contributed by atoms with van der Waals surface area (Å²) in [5, 5.41) is 4.69. The first-order valence-electron chi connectivity index (χ1n) is 5.58. The second-order valence-electron chi connectivity index (χ2n) is 4.17. The van der Waals surface area contributed by atoms with Crippen LogP contribution in [0.4, 0.5) is 0 Å². The highest BCUT2D eigenvalue weighted by Gasteiger charge is 2.18. The van der Waals surface area contributed by atoms with Gasteiger partial charge in [0.1, 0.15) is 5.65 Å². The van der Waals surface area contributed by atoms with E-state index in [1.54, 1.807) is 0 Å². The number of aromatic nitrogens is 2. The van der Waals surface area contributed by atoms with Gasteiger partial charge in [-0.3, -0.25) is 0 Å². The van der Waals surface area contributed by atoms with Crippen molar-refractivity contribution in [2.75, 3.05) is 13.1 Å². The predicted octanol–water partition coefficient (Wildman–Crippen LogP) is 2.03. The molecule has 2 N–H and O–H groups in total. The van der Waals surface area contributed by atoms with Crippen LogP contribution in [0, 0.1) is 0 Å². The molecule has 2 aromatic heterocycles. The number of rotatable bonds is 1. The first kappa shape index (κ1) is 8.92. The molecule has 0 saturated carbocycles. The molecule has 78 valence electrons. The third-order valence-corrected chi connectivity index (χ3v) is 3.26.